The van der Waals surface area contributed by atoms with E-state index in [2.05, 4.69) is 47.4 Å². The molecule has 138 valence electrons. The summed E-state index contributed by atoms with van der Waals surface area (Å²) in [5, 5.41) is 12.4. The van der Waals surface area contributed by atoms with Crippen molar-refractivity contribution in [2.24, 2.45) is 0 Å². The number of aliphatic hydroxyl groups is 1. The van der Waals surface area contributed by atoms with Crippen molar-refractivity contribution in [1.29, 1.82) is 0 Å². The molecule has 0 bridgehead atoms. The predicted octanol–water partition coefficient (Wildman–Crippen LogP) is 4.52. The summed E-state index contributed by atoms with van der Waals surface area (Å²) in [5.41, 5.74) is 7.01. The molecule has 27 heavy (non-hydrogen) atoms. The fourth-order valence-corrected chi connectivity index (χ4v) is 4.84. The van der Waals surface area contributed by atoms with Crippen LogP contribution < -0.4 is 0 Å². The monoisotopic (exact) mass is 358 g/mol. The van der Waals surface area contributed by atoms with Crippen LogP contribution >= 0.6 is 0 Å². The number of likely N-dealkylation sites (tertiary alicyclic amines) is 1. The van der Waals surface area contributed by atoms with Crippen LogP contribution in [0.1, 0.15) is 42.1 Å². The van der Waals surface area contributed by atoms with Crippen molar-refractivity contribution in [2.75, 3.05) is 19.6 Å². The standard InChI is InChI=1S/C24H26N2O/c27-22(16-26-14-6-1-7-15-26)23-19-10-4-5-11-21(19)25-24-18-9-3-2-8-17(18)12-13-20(23)24/h2-5,8-11,22,27H,1,6-7,12-16H2. The summed E-state index contributed by atoms with van der Waals surface area (Å²) >= 11 is 0. The van der Waals surface area contributed by atoms with E-state index in [4.69, 9.17) is 4.98 Å². The van der Waals surface area contributed by atoms with Crippen molar-refractivity contribution in [3.8, 4) is 11.3 Å². The number of aliphatic hydroxyl groups excluding tert-OH is 1. The van der Waals surface area contributed by atoms with Gasteiger partial charge in [-0.1, -0.05) is 48.9 Å². The molecule has 1 aliphatic carbocycles. The quantitative estimate of drug-likeness (QED) is 0.748. The van der Waals surface area contributed by atoms with E-state index in [1.165, 1.54) is 36.0 Å². The molecule has 3 aromatic rings. The number of hydrogen-bond acceptors (Lipinski definition) is 3. The molecule has 1 unspecified atom stereocenters. The van der Waals surface area contributed by atoms with Crippen LogP contribution in [0.15, 0.2) is 48.5 Å². The van der Waals surface area contributed by atoms with Crippen molar-refractivity contribution in [1.82, 2.24) is 9.88 Å². The number of piperidine rings is 1. The summed E-state index contributed by atoms with van der Waals surface area (Å²) in [4.78, 5) is 7.45. The van der Waals surface area contributed by atoms with Gasteiger partial charge in [0.25, 0.3) is 0 Å². The molecular weight excluding hydrogens is 332 g/mol. The Balaban J connectivity index is 1.65. The first kappa shape index (κ1) is 16.9. The molecule has 2 aromatic carbocycles. The van der Waals surface area contributed by atoms with Crippen molar-refractivity contribution in [2.45, 2.75) is 38.2 Å². The maximum Gasteiger partial charge on any atom is 0.0926 e. The predicted molar refractivity (Wildman–Crippen MR) is 110 cm³/mol. The molecule has 1 N–H and O–H groups in total. The van der Waals surface area contributed by atoms with E-state index in [0.29, 0.717) is 0 Å². The minimum absolute atomic E-state index is 0.463. The van der Waals surface area contributed by atoms with Gasteiger partial charge in [-0.2, -0.15) is 0 Å². The number of para-hydroxylation sites is 1. The van der Waals surface area contributed by atoms with Gasteiger partial charge in [0.1, 0.15) is 0 Å². The largest absolute Gasteiger partial charge is 0.387 e. The topological polar surface area (TPSA) is 36.4 Å². The number of pyridine rings is 1. The summed E-state index contributed by atoms with van der Waals surface area (Å²) in [6.45, 7) is 2.93. The van der Waals surface area contributed by atoms with Crippen molar-refractivity contribution in [3.63, 3.8) is 0 Å². The Morgan fingerprint density at radius 3 is 2.59 bits per heavy atom. The molecule has 3 heteroatoms. The average Bonchev–Trinajstić information content (AvgIpc) is 2.72. The van der Waals surface area contributed by atoms with Gasteiger partial charge in [0.05, 0.1) is 17.3 Å². The highest BCUT2D eigenvalue weighted by Gasteiger charge is 2.26. The van der Waals surface area contributed by atoms with E-state index in [1.807, 2.05) is 6.07 Å². The zero-order valence-electron chi connectivity index (χ0n) is 15.7. The molecule has 1 aliphatic heterocycles. The van der Waals surface area contributed by atoms with E-state index in [-0.39, 0.29) is 0 Å². The van der Waals surface area contributed by atoms with Gasteiger partial charge in [-0.25, -0.2) is 4.98 Å². The van der Waals surface area contributed by atoms with Crippen LogP contribution in [-0.2, 0) is 12.8 Å². The lowest BCUT2D eigenvalue weighted by molar-refractivity contribution is 0.102. The Kier molecular flexibility index (Phi) is 4.42. The normalized spacial score (nSPS) is 18.1. The lowest BCUT2D eigenvalue weighted by Gasteiger charge is -2.31. The molecule has 0 spiro atoms. The lowest BCUT2D eigenvalue weighted by atomic mass is 9.83. The van der Waals surface area contributed by atoms with E-state index in [0.717, 1.165) is 54.6 Å². The number of aromatic nitrogens is 1. The first-order valence-corrected chi connectivity index (χ1v) is 10.2. The Bertz CT molecular complexity index is 975. The first-order valence-electron chi connectivity index (χ1n) is 10.2. The van der Waals surface area contributed by atoms with E-state index >= 15 is 0 Å². The zero-order chi connectivity index (χ0) is 18.2. The number of aryl methyl sites for hydroxylation is 1. The van der Waals surface area contributed by atoms with Crippen LogP contribution in [0.4, 0.5) is 0 Å². The highest BCUT2D eigenvalue weighted by molar-refractivity contribution is 5.88. The maximum atomic E-state index is 11.3. The van der Waals surface area contributed by atoms with E-state index in [9.17, 15) is 5.11 Å². The third kappa shape index (κ3) is 3.05. The van der Waals surface area contributed by atoms with Crippen molar-refractivity contribution in [3.05, 3.63) is 65.2 Å². The van der Waals surface area contributed by atoms with Crippen LogP contribution in [0.3, 0.4) is 0 Å². The van der Waals surface area contributed by atoms with Gasteiger partial charge in [0.15, 0.2) is 0 Å². The zero-order valence-corrected chi connectivity index (χ0v) is 15.7. The van der Waals surface area contributed by atoms with Gasteiger partial charge in [-0.15, -0.1) is 0 Å². The summed E-state index contributed by atoms with van der Waals surface area (Å²) in [5.74, 6) is 0. The second-order valence-corrected chi connectivity index (χ2v) is 7.90. The summed E-state index contributed by atoms with van der Waals surface area (Å²) in [7, 11) is 0. The summed E-state index contributed by atoms with van der Waals surface area (Å²) < 4.78 is 0. The molecule has 1 aromatic heterocycles. The molecule has 1 atom stereocenters. The first-order chi connectivity index (χ1) is 13.3. The van der Waals surface area contributed by atoms with Gasteiger partial charge < -0.3 is 10.0 Å². The number of benzene rings is 2. The Morgan fingerprint density at radius 1 is 0.926 bits per heavy atom. The van der Waals surface area contributed by atoms with Crippen LogP contribution in [0, 0.1) is 0 Å². The molecule has 0 amide bonds. The van der Waals surface area contributed by atoms with Crippen molar-refractivity contribution < 1.29 is 5.11 Å². The number of rotatable bonds is 3. The maximum absolute atomic E-state index is 11.3. The molecule has 2 heterocycles. The number of fused-ring (bicyclic) bond motifs is 4. The third-order valence-corrected chi connectivity index (χ3v) is 6.17. The summed E-state index contributed by atoms with van der Waals surface area (Å²) in [6.07, 6.45) is 5.32. The molecule has 2 aliphatic rings. The number of hydrogen-bond donors (Lipinski definition) is 1. The van der Waals surface area contributed by atoms with Gasteiger partial charge in [0.2, 0.25) is 0 Å². The minimum Gasteiger partial charge on any atom is -0.387 e. The van der Waals surface area contributed by atoms with Crippen LogP contribution in [0.25, 0.3) is 22.2 Å². The smallest absolute Gasteiger partial charge is 0.0926 e. The van der Waals surface area contributed by atoms with Crippen LogP contribution in [0.2, 0.25) is 0 Å². The van der Waals surface area contributed by atoms with Gasteiger partial charge in [0, 0.05) is 17.5 Å². The molecular formula is C24H26N2O. The molecule has 1 saturated heterocycles. The molecule has 3 nitrogen and oxygen atoms in total. The third-order valence-electron chi connectivity index (χ3n) is 6.17. The highest BCUT2D eigenvalue weighted by Crippen LogP contribution is 2.39. The summed E-state index contributed by atoms with van der Waals surface area (Å²) in [6, 6.07) is 16.9. The SMILES string of the molecule is OC(CN1CCCCC1)c1c2c(nc3ccccc13)-c1ccccc1CC2. The van der Waals surface area contributed by atoms with E-state index in [1.54, 1.807) is 0 Å². The van der Waals surface area contributed by atoms with Crippen LogP contribution in [-0.4, -0.2) is 34.6 Å². The van der Waals surface area contributed by atoms with Gasteiger partial charge in [-0.3, -0.25) is 0 Å². The Hall–Kier alpha value is -2.23. The average molecular weight is 358 g/mol. The van der Waals surface area contributed by atoms with Gasteiger partial charge >= 0.3 is 0 Å². The van der Waals surface area contributed by atoms with Gasteiger partial charge in [-0.05, 0) is 61.5 Å². The second-order valence-electron chi connectivity index (χ2n) is 7.90. The van der Waals surface area contributed by atoms with E-state index < -0.39 is 6.10 Å². The van der Waals surface area contributed by atoms with Crippen molar-refractivity contribution >= 4 is 10.9 Å². The second kappa shape index (κ2) is 7.06. The number of nitrogens with zero attached hydrogens (tertiary/aromatic N) is 2. The highest BCUT2D eigenvalue weighted by atomic mass is 16.3. The lowest BCUT2D eigenvalue weighted by Crippen LogP contribution is -2.34. The Morgan fingerprint density at radius 2 is 1.70 bits per heavy atom. The molecule has 0 radical (unpaired) electrons. The minimum atomic E-state index is -0.463. The fraction of sp³-hybridized carbons (Fsp3) is 0.375. The Labute approximate surface area is 160 Å². The molecule has 0 saturated carbocycles. The fourth-order valence-electron chi connectivity index (χ4n) is 4.84. The molecule has 5 rings (SSSR count). The number of β-amino-alcohol motifs (C(OH)–C–C–N with tert-alkyl or cyclic N) is 1. The molecule has 1 fully saturated rings. The van der Waals surface area contributed by atoms with Crippen LogP contribution in [0.5, 0.6) is 0 Å².